The first-order chi connectivity index (χ1) is 9.13. The van der Waals surface area contributed by atoms with Crippen LogP contribution in [-0.2, 0) is 6.42 Å². The van der Waals surface area contributed by atoms with Gasteiger partial charge in [-0.2, -0.15) is 5.10 Å². The molecule has 8 heteroatoms. The largest absolute Gasteiger partial charge is 0.335 e. The number of anilines is 1. The van der Waals surface area contributed by atoms with Gasteiger partial charge in [0.2, 0.25) is 0 Å². The topological polar surface area (TPSA) is 81.1 Å². The van der Waals surface area contributed by atoms with Crippen LogP contribution in [0.1, 0.15) is 18.3 Å². The van der Waals surface area contributed by atoms with Gasteiger partial charge in [-0.05, 0) is 6.07 Å². The highest BCUT2D eigenvalue weighted by molar-refractivity contribution is 6.43. The van der Waals surface area contributed by atoms with Gasteiger partial charge in [0, 0.05) is 12.0 Å². The number of aromatic nitrogens is 3. The lowest BCUT2D eigenvalue weighted by molar-refractivity contribution is 0.855. The zero-order valence-electron chi connectivity index (χ0n) is 10.1. The summed E-state index contributed by atoms with van der Waals surface area (Å²) in [5, 5.41) is 12.7. The van der Waals surface area contributed by atoms with Crippen molar-refractivity contribution in [2.45, 2.75) is 13.3 Å². The van der Waals surface area contributed by atoms with Crippen LogP contribution in [0.25, 0.3) is 0 Å². The van der Waals surface area contributed by atoms with Crippen molar-refractivity contribution in [3.05, 3.63) is 39.6 Å². The highest BCUT2D eigenvalue weighted by Gasteiger charge is 2.06. The van der Waals surface area contributed by atoms with Crippen molar-refractivity contribution < 1.29 is 0 Å². The first-order valence-electron chi connectivity index (χ1n) is 5.56. The molecule has 0 aliphatic heterocycles. The van der Waals surface area contributed by atoms with Crippen molar-refractivity contribution in [3.8, 4) is 0 Å². The molecule has 3 N–H and O–H groups in total. The second kappa shape index (κ2) is 5.90. The molecule has 0 aliphatic rings. The Morgan fingerprint density at radius 1 is 1.42 bits per heavy atom. The molecule has 1 aromatic heterocycles. The molecule has 0 amide bonds. The number of hydrogen-bond donors (Lipinski definition) is 2. The normalized spacial score (nSPS) is 11.1. The maximum Gasteiger partial charge on any atom is 0.263 e. The highest BCUT2D eigenvalue weighted by atomic mass is 35.5. The molecule has 1 heterocycles. The van der Waals surface area contributed by atoms with Crippen molar-refractivity contribution in [1.29, 1.82) is 0 Å². The predicted molar refractivity (Wildman–Crippen MR) is 77.2 cm³/mol. The van der Waals surface area contributed by atoms with Gasteiger partial charge in [-0.25, -0.2) is 10.1 Å². The molecule has 0 radical (unpaired) electrons. The molecule has 2 rings (SSSR count). The van der Waals surface area contributed by atoms with Crippen LogP contribution in [0.3, 0.4) is 0 Å². The molecule has 0 spiro atoms. The summed E-state index contributed by atoms with van der Waals surface area (Å²) in [6.45, 7) is 1.94. The van der Waals surface area contributed by atoms with Crippen LogP contribution in [0, 0.1) is 0 Å². The molecule has 2 aromatic rings. The third-order valence-electron chi connectivity index (χ3n) is 2.43. The van der Waals surface area contributed by atoms with Gasteiger partial charge >= 0.3 is 0 Å². The fourth-order valence-electron chi connectivity index (χ4n) is 1.42. The summed E-state index contributed by atoms with van der Waals surface area (Å²) in [6, 6.07) is 5.29. The van der Waals surface area contributed by atoms with Gasteiger partial charge in [0.15, 0.2) is 5.82 Å². The van der Waals surface area contributed by atoms with E-state index in [9.17, 15) is 0 Å². The number of hydrazone groups is 1. The second-order valence-electron chi connectivity index (χ2n) is 3.68. The SMILES string of the molecule is CCc1nnc(N/N=C/c2cccc(Cl)c2Cl)n1N. The number of halogens is 2. The van der Waals surface area contributed by atoms with Gasteiger partial charge in [0.1, 0.15) is 0 Å². The number of nitrogen functional groups attached to an aromatic ring is 1. The predicted octanol–water partition coefficient (Wildman–Crippen LogP) is 2.31. The van der Waals surface area contributed by atoms with Crippen LogP contribution >= 0.6 is 23.2 Å². The molecule has 0 saturated heterocycles. The van der Waals surface area contributed by atoms with Crippen LogP contribution in [0.15, 0.2) is 23.3 Å². The van der Waals surface area contributed by atoms with Gasteiger partial charge in [-0.1, -0.05) is 42.3 Å². The number of rotatable bonds is 4. The fourth-order valence-corrected chi connectivity index (χ4v) is 1.78. The number of hydrogen-bond acceptors (Lipinski definition) is 5. The Morgan fingerprint density at radius 3 is 2.89 bits per heavy atom. The molecule has 0 bridgehead atoms. The zero-order valence-corrected chi connectivity index (χ0v) is 11.7. The molecule has 1 aromatic carbocycles. The van der Waals surface area contributed by atoms with Crippen LogP contribution in [0.4, 0.5) is 5.95 Å². The Labute approximate surface area is 120 Å². The first-order valence-corrected chi connectivity index (χ1v) is 6.31. The zero-order chi connectivity index (χ0) is 13.8. The molecule has 0 saturated carbocycles. The molecule has 19 heavy (non-hydrogen) atoms. The molecule has 0 fully saturated rings. The van der Waals surface area contributed by atoms with Crippen molar-refractivity contribution in [2.75, 3.05) is 11.3 Å². The summed E-state index contributed by atoms with van der Waals surface area (Å²) in [7, 11) is 0. The van der Waals surface area contributed by atoms with Gasteiger partial charge in [0.05, 0.1) is 16.3 Å². The Bertz CT molecular complexity index is 607. The Hall–Kier alpha value is -1.79. The number of benzene rings is 1. The molecular weight excluding hydrogens is 287 g/mol. The van der Waals surface area contributed by atoms with E-state index in [0.717, 1.165) is 0 Å². The Morgan fingerprint density at radius 2 is 2.21 bits per heavy atom. The molecular formula is C11H12Cl2N6. The van der Waals surface area contributed by atoms with E-state index in [2.05, 4.69) is 20.7 Å². The lowest BCUT2D eigenvalue weighted by atomic mass is 10.2. The van der Waals surface area contributed by atoms with E-state index in [1.807, 2.05) is 6.92 Å². The molecule has 0 unspecified atom stereocenters. The van der Waals surface area contributed by atoms with Crippen LogP contribution in [-0.4, -0.2) is 21.1 Å². The summed E-state index contributed by atoms with van der Waals surface area (Å²) >= 11 is 11.9. The van der Waals surface area contributed by atoms with Crippen LogP contribution in [0.5, 0.6) is 0 Å². The van der Waals surface area contributed by atoms with Crippen LogP contribution < -0.4 is 11.3 Å². The first kappa shape index (κ1) is 13.6. The van der Waals surface area contributed by atoms with Crippen molar-refractivity contribution in [1.82, 2.24) is 14.9 Å². The summed E-state index contributed by atoms with van der Waals surface area (Å²) < 4.78 is 1.34. The summed E-state index contributed by atoms with van der Waals surface area (Å²) in [5.74, 6) is 6.77. The van der Waals surface area contributed by atoms with Crippen molar-refractivity contribution in [2.24, 2.45) is 5.10 Å². The maximum atomic E-state index is 6.02. The minimum absolute atomic E-state index is 0.353. The van der Waals surface area contributed by atoms with Gasteiger partial charge < -0.3 is 5.84 Å². The van der Waals surface area contributed by atoms with E-state index < -0.39 is 0 Å². The van der Waals surface area contributed by atoms with E-state index in [1.54, 1.807) is 18.2 Å². The lowest BCUT2D eigenvalue weighted by Gasteiger charge is -2.01. The second-order valence-corrected chi connectivity index (χ2v) is 4.46. The summed E-state index contributed by atoms with van der Waals surface area (Å²) in [6.07, 6.45) is 2.23. The van der Waals surface area contributed by atoms with Crippen molar-refractivity contribution in [3.63, 3.8) is 0 Å². The number of aryl methyl sites for hydroxylation is 1. The van der Waals surface area contributed by atoms with Gasteiger partial charge in [0.25, 0.3) is 5.95 Å². The highest BCUT2D eigenvalue weighted by Crippen LogP contribution is 2.24. The van der Waals surface area contributed by atoms with Crippen LogP contribution in [0.2, 0.25) is 10.0 Å². The molecule has 0 aliphatic carbocycles. The number of nitrogens with one attached hydrogen (secondary N) is 1. The Kier molecular flexibility index (Phi) is 4.24. The van der Waals surface area contributed by atoms with E-state index in [0.29, 0.717) is 33.8 Å². The minimum Gasteiger partial charge on any atom is -0.335 e. The van der Waals surface area contributed by atoms with E-state index >= 15 is 0 Å². The van der Waals surface area contributed by atoms with Gasteiger partial charge in [-0.15, -0.1) is 10.2 Å². The third-order valence-corrected chi connectivity index (χ3v) is 3.27. The number of nitrogens with two attached hydrogens (primary N) is 1. The van der Waals surface area contributed by atoms with Gasteiger partial charge in [-0.3, -0.25) is 0 Å². The summed E-state index contributed by atoms with van der Waals surface area (Å²) in [4.78, 5) is 0. The van der Waals surface area contributed by atoms with E-state index in [1.165, 1.54) is 10.9 Å². The van der Waals surface area contributed by atoms with E-state index in [-0.39, 0.29) is 0 Å². The van der Waals surface area contributed by atoms with E-state index in [4.69, 9.17) is 29.0 Å². The lowest BCUT2D eigenvalue weighted by Crippen LogP contribution is -2.14. The Balaban J connectivity index is 2.11. The maximum absolute atomic E-state index is 6.02. The minimum atomic E-state index is 0.353. The third kappa shape index (κ3) is 2.97. The quantitative estimate of drug-likeness (QED) is 0.515. The smallest absolute Gasteiger partial charge is 0.263 e. The monoisotopic (exact) mass is 298 g/mol. The van der Waals surface area contributed by atoms with Crippen molar-refractivity contribution >= 4 is 35.4 Å². The standard InChI is InChI=1S/C11H12Cl2N6/c1-2-9-16-18-11(19(9)14)17-15-6-7-4-3-5-8(12)10(7)13/h3-6H,2,14H2,1H3,(H,17,18)/b15-6+. The fraction of sp³-hybridized carbons (Fsp3) is 0.182. The average Bonchev–Trinajstić information content (AvgIpc) is 2.75. The molecule has 0 atom stereocenters. The molecule has 100 valence electrons. The molecule has 6 nitrogen and oxygen atoms in total. The number of nitrogens with zero attached hydrogens (tertiary/aromatic N) is 4. The average molecular weight is 299 g/mol. The summed E-state index contributed by atoms with van der Waals surface area (Å²) in [5.41, 5.74) is 3.39.